The van der Waals surface area contributed by atoms with Crippen LogP contribution in [-0.4, -0.2) is 17.6 Å². The molecule has 1 unspecified atom stereocenters. The summed E-state index contributed by atoms with van der Waals surface area (Å²) in [5.41, 5.74) is 5.36. The van der Waals surface area contributed by atoms with Gasteiger partial charge in [-0.25, -0.2) is 0 Å². The maximum atomic E-state index is 10.6. The molecule has 0 amide bonds. The fraction of sp³-hybridized carbons (Fsp3) is 0.900. The summed E-state index contributed by atoms with van der Waals surface area (Å²) >= 11 is 0. The molecule has 0 aliphatic rings. The van der Waals surface area contributed by atoms with Gasteiger partial charge < -0.3 is 10.8 Å². The Morgan fingerprint density at radius 1 is 1.31 bits per heavy atom. The largest absolute Gasteiger partial charge is 0.481 e. The predicted octanol–water partition coefficient (Wildman–Crippen LogP) is 1.86. The summed E-state index contributed by atoms with van der Waals surface area (Å²) in [5, 5.41) is 8.75. The highest BCUT2D eigenvalue weighted by Crippen LogP contribution is 2.18. The molecule has 0 saturated carbocycles. The summed E-state index contributed by atoms with van der Waals surface area (Å²) in [6, 6.07) is 0. The molecule has 13 heavy (non-hydrogen) atoms. The van der Waals surface area contributed by atoms with Crippen molar-refractivity contribution in [2.45, 2.75) is 39.5 Å². The normalized spacial score (nSPS) is 13.2. The number of rotatable bonds is 7. The molecule has 3 N–H and O–H groups in total. The van der Waals surface area contributed by atoms with Crippen LogP contribution in [0, 0.1) is 11.8 Å². The molecule has 0 aromatic heterocycles. The van der Waals surface area contributed by atoms with Crippen LogP contribution in [0.4, 0.5) is 0 Å². The van der Waals surface area contributed by atoms with E-state index in [1.54, 1.807) is 0 Å². The first-order valence-corrected chi connectivity index (χ1v) is 5.08. The zero-order valence-corrected chi connectivity index (χ0v) is 8.62. The van der Waals surface area contributed by atoms with Gasteiger partial charge in [0.05, 0.1) is 5.92 Å². The average Bonchev–Trinajstić information content (AvgIpc) is 2.12. The molecular weight excluding hydrogens is 166 g/mol. The Labute approximate surface area is 80.3 Å². The van der Waals surface area contributed by atoms with E-state index >= 15 is 0 Å². The standard InChI is InChI=1S/C10H21NO2/c1-3-8(4-2)5-6-9(7-11)10(12)13/h8-9H,3-7,11H2,1-2H3,(H,12,13). The molecule has 0 aromatic carbocycles. The second-order valence-electron chi connectivity index (χ2n) is 3.53. The fourth-order valence-corrected chi connectivity index (χ4v) is 1.48. The van der Waals surface area contributed by atoms with E-state index in [1.807, 2.05) is 0 Å². The predicted molar refractivity (Wildman–Crippen MR) is 53.5 cm³/mol. The number of hydrogen-bond donors (Lipinski definition) is 2. The van der Waals surface area contributed by atoms with Gasteiger partial charge in [-0.1, -0.05) is 26.7 Å². The quantitative estimate of drug-likeness (QED) is 0.639. The molecule has 0 fully saturated rings. The van der Waals surface area contributed by atoms with Gasteiger partial charge in [-0.15, -0.1) is 0 Å². The van der Waals surface area contributed by atoms with Gasteiger partial charge in [0.15, 0.2) is 0 Å². The highest BCUT2D eigenvalue weighted by Gasteiger charge is 2.16. The fourth-order valence-electron chi connectivity index (χ4n) is 1.48. The average molecular weight is 187 g/mol. The number of carboxylic acid groups (broad SMARTS) is 1. The lowest BCUT2D eigenvalue weighted by Gasteiger charge is -2.14. The zero-order valence-electron chi connectivity index (χ0n) is 8.62. The van der Waals surface area contributed by atoms with Crippen LogP contribution in [-0.2, 0) is 4.79 Å². The van der Waals surface area contributed by atoms with Gasteiger partial charge in [0.1, 0.15) is 0 Å². The van der Waals surface area contributed by atoms with Crippen LogP contribution >= 0.6 is 0 Å². The minimum atomic E-state index is -0.756. The monoisotopic (exact) mass is 187 g/mol. The molecule has 0 bridgehead atoms. The van der Waals surface area contributed by atoms with Crippen LogP contribution in [0.1, 0.15) is 39.5 Å². The van der Waals surface area contributed by atoms with Gasteiger partial charge >= 0.3 is 5.97 Å². The highest BCUT2D eigenvalue weighted by molar-refractivity contribution is 5.70. The van der Waals surface area contributed by atoms with E-state index in [1.165, 1.54) is 0 Å². The Hall–Kier alpha value is -0.570. The molecule has 0 saturated heterocycles. The molecule has 3 nitrogen and oxygen atoms in total. The van der Waals surface area contributed by atoms with E-state index in [0.29, 0.717) is 5.92 Å². The van der Waals surface area contributed by atoms with Crippen LogP contribution < -0.4 is 5.73 Å². The molecule has 0 aromatic rings. The molecule has 0 heterocycles. The molecule has 78 valence electrons. The minimum absolute atomic E-state index is 0.259. The lowest BCUT2D eigenvalue weighted by Crippen LogP contribution is -2.23. The summed E-state index contributed by atoms with van der Waals surface area (Å²) in [4.78, 5) is 10.6. The van der Waals surface area contributed by atoms with Crippen molar-refractivity contribution in [3.8, 4) is 0 Å². The Morgan fingerprint density at radius 2 is 1.85 bits per heavy atom. The third-order valence-corrected chi connectivity index (χ3v) is 2.71. The molecule has 1 atom stereocenters. The highest BCUT2D eigenvalue weighted by atomic mass is 16.4. The van der Waals surface area contributed by atoms with Gasteiger partial charge in [-0.05, 0) is 18.8 Å². The van der Waals surface area contributed by atoms with Gasteiger partial charge in [-0.3, -0.25) is 4.79 Å². The second kappa shape index (κ2) is 6.89. The molecule has 0 aliphatic heterocycles. The third-order valence-electron chi connectivity index (χ3n) is 2.71. The lowest BCUT2D eigenvalue weighted by atomic mass is 9.92. The maximum absolute atomic E-state index is 10.6. The summed E-state index contributed by atoms with van der Waals surface area (Å²) in [6.07, 6.45) is 3.97. The van der Waals surface area contributed by atoms with Crippen molar-refractivity contribution in [2.24, 2.45) is 17.6 Å². The van der Waals surface area contributed by atoms with E-state index in [2.05, 4.69) is 13.8 Å². The topological polar surface area (TPSA) is 63.3 Å². The third kappa shape index (κ3) is 4.88. The Kier molecular flexibility index (Phi) is 6.59. The van der Waals surface area contributed by atoms with Crippen molar-refractivity contribution in [3.63, 3.8) is 0 Å². The first kappa shape index (κ1) is 12.4. The van der Waals surface area contributed by atoms with E-state index in [0.717, 1.165) is 25.7 Å². The Morgan fingerprint density at radius 3 is 2.15 bits per heavy atom. The second-order valence-corrected chi connectivity index (χ2v) is 3.53. The summed E-state index contributed by atoms with van der Waals surface area (Å²) in [5.74, 6) is -0.442. The van der Waals surface area contributed by atoms with Crippen LogP contribution in [0.25, 0.3) is 0 Å². The van der Waals surface area contributed by atoms with Gasteiger partial charge in [0, 0.05) is 6.54 Å². The molecular formula is C10H21NO2. The zero-order chi connectivity index (χ0) is 10.3. The smallest absolute Gasteiger partial charge is 0.307 e. The van der Waals surface area contributed by atoms with Crippen LogP contribution in [0.2, 0.25) is 0 Å². The van der Waals surface area contributed by atoms with Gasteiger partial charge in [0.25, 0.3) is 0 Å². The SMILES string of the molecule is CCC(CC)CCC(CN)C(=O)O. The Bertz CT molecular complexity index is 144. The molecule has 0 rings (SSSR count). The van der Waals surface area contributed by atoms with Crippen LogP contribution in [0.5, 0.6) is 0 Å². The van der Waals surface area contributed by atoms with Gasteiger partial charge in [0.2, 0.25) is 0 Å². The summed E-state index contributed by atoms with van der Waals surface area (Å²) in [6.45, 7) is 4.55. The van der Waals surface area contributed by atoms with E-state index in [9.17, 15) is 4.79 Å². The summed E-state index contributed by atoms with van der Waals surface area (Å²) < 4.78 is 0. The van der Waals surface area contributed by atoms with Crippen molar-refractivity contribution >= 4 is 5.97 Å². The molecule has 0 spiro atoms. The van der Waals surface area contributed by atoms with E-state index < -0.39 is 5.97 Å². The van der Waals surface area contributed by atoms with Crippen LogP contribution in [0.3, 0.4) is 0 Å². The maximum Gasteiger partial charge on any atom is 0.307 e. The van der Waals surface area contributed by atoms with Crippen molar-refractivity contribution in [1.82, 2.24) is 0 Å². The number of nitrogens with two attached hydrogens (primary N) is 1. The van der Waals surface area contributed by atoms with Crippen molar-refractivity contribution in [3.05, 3.63) is 0 Å². The van der Waals surface area contributed by atoms with Gasteiger partial charge in [-0.2, -0.15) is 0 Å². The Balaban J connectivity index is 3.76. The van der Waals surface area contributed by atoms with E-state index in [4.69, 9.17) is 10.8 Å². The van der Waals surface area contributed by atoms with Crippen molar-refractivity contribution in [2.75, 3.05) is 6.54 Å². The number of hydrogen-bond acceptors (Lipinski definition) is 2. The van der Waals surface area contributed by atoms with E-state index in [-0.39, 0.29) is 12.5 Å². The molecule has 0 radical (unpaired) electrons. The number of aliphatic carboxylic acids is 1. The number of carbonyl (C=O) groups is 1. The molecule has 0 aliphatic carbocycles. The first-order chi connectivity index (χ1) is 6.15. The lowest BCUT2D eigenvalue weighted by molar-refractivity contribution is -0.141. The first-order valence-electron chi connectivity index (χ1n) is 5.08. The molecule has 3 heteroatoms. The van der Waals surface area contributed by atoms with Crippen LogP contribution in [0.15, 0.2) is 0 Å². The van der Waals surface area contributed by atoms with Crippen molar-refractivity contribution < 1.29 is 9.90 Å². The summed E-state index contributed by atoms with van der Waals surface area (Å²) in [7, 11) is 0. The van der Waals surface area contributed by atoms with Crippen molar-refractivity contribution in [1.29, 1.82) is 0 Å². The number of carboxylic acids is 1. The minimum Gasteiger partial charge on any atom is -0.481 e.